The number of rotatable bonds is 7. The van der Waals surface area contributed by atoms with Crippen LogP contribution in [0.2, 0.25) is 0 Å². The zero-order valence-corrected chi connectivity index (χ0v) is 13.0. The van der Waals surface area contributed by atoms with Crippen molar-refractivity contribution >= 4 is 23.7 Å². The number of carbonyl (C=O) groups is 3. The number of anilines is 1. The van der Waals surface area contributed by atoms with Gasteiger partial charge in [-0.3, -0.25) is 9.59 Å². The Balaban J connectivity index is 2.42. The Bertz CT molecular complexity index is 557. The SMILES string of the molecule is CC(C)C(N)C(=O)NCC(=O)Nc1ccc(COC(=O)O)cc1. The number of hydrogen-bond donors (Lipinski definition) is 4. The first kappa shape index (κ1) is 18.4. The minimum Gasteiger partial charge on any atom is -0.450 e. The molecule has 0 aliphatic rings. The molecule has 8 heteroatoms. The minimum atomic E-state index is -1.35. The quantitative estimate of drug-likeness (QED) is 0.552. The Kier molecular flexibility index (Phi) is 7.01. The highest BCUT2D eigenvalue weighted by molar-refractivity contribution is 5.95. The summed E-state index contributed by atoms with van der Waals surface area (Å²) in [5.41, 5.74) is 6.85. The fourth-order valence-corrected chi connectivity index (χ4v) is 1.62. The van der Waals surface area contributed by atoms with Crippen LogP contribution in [-0.4, -0.2) is 35.7 Å². The molecule has 0 aliphatic carbocycles. The predicted molar refractivity (Wildman–Crippen MR) is 83.7 cm³/mol. The van der Waals surface area contributed by atoms with Gasteiger partial charge < -0.3 is 26.2 Å². The van der Waals surface area contributed by atoms with Crippen molar-refractivity contribution in [2.24, 2.45) is 11.7 Å². The van der Waals surface area contributed by atoms with Crippen molar-refractivity contribution in [1.29, 1.82) is 0 Å². The van der Waals surface area contributed by atoms with E-state index >= 15 is 0 Å². The van der Waals surface area contributed by atoms with Crippen LogP contribution in [-0.2, 0) is 20.9 Å². The first-order chi connectivity index (χ1) is 10.8. The van der Waals surface area contributed by atoms with Crippen molar-refractivity contribution in [3.8, 4) is 0 Å². The number of ether oxygens (including phenoxy) is 1. The van der Waals surface area contributed by atoms with Gasteiger partial charge in [-0.25, -0.2) is 4.79 Å². The van der Waals surface area contributed by atoms with Crippen LogP contribution in [0.3, 0.4) is 0 Å². The highest BCUT2D eigenvalue weighted by atomic mass is 16.7. The number of carbonyl (C=O) groups excluding carboxylic acids is 2. The average molecular weight is 323 g/mol. The highest BCUT2D eigenvalue weighted by Crippen LogP contribution is 2.10. The van der Waals surface area contributed by atoms with Crippen LogP contribution in [0.1, 0.15) is 19.4 Å². The molecule has 1 rings (SSSR count). The molecule has 0 aliphatic heterocycles. The number of carboxylic acid groups (broad SMARTS) is 1. The molecule has 5 N–H and O–H groups in total. The molecule has 0 spiro atoms. The summed E-state index contributed by atoms with van der Waals surface area (Å²) in [6, 6.07) is 5.83. The van der Waals surface area contributed by atoms with Crippen LogP contribution in [0.5, 0.6) is 0 Å². The standard InChI is InChI=1S/C15H21N3O5/c1-9(2)13(16)14(20)17-7-12(19)18-11-5-3-10(4-6-11)8-23-15(21)22/h3-6,9,13H,7-8,16H2,1-2H3,(H,17,20)(H,18,19)(H,21,22). The zero-order valence-electron chi connectivity index (χ0n) is 13.0. The van der Waals surface area contributed by atoms with Crippen LogP contribution >= 0.6 is 0 Å². The second-order valence-electron chi connectivity index (χ2n) is 5.29. The van der Waals surface area contributed by atoms with E-state index in [2.05, 4.69) is 15.4 Å². The van der Waals surface area contributed by atoms with E-state index in [0.717, 1.165) is 0 Å². The summed E-state index contributed by atoms with van der Waals surface area (Å²) in [5, 5.41) is 13.5. The monoisotopic (exact) mass is 323 g/mol. The van der Waals surface area contributed by atoms with E-state index in [0.29, 0.717) is 11.3 Å². The van der Waals surface area contributed by atoms with Gasteiger partial charge in [0.25, 0.3) is 0 Å². The van der Waals surface area contributed by atoms with Crippen molar-refractivity contribution in [1.82, 2.24) is 5.32 Å². The van der Waals surface area contributed by atoms with Crippen molar-refractivity contribution in [3.05, 3.63) is 29.8 Å². The summed E-state index contributed by atoms with van der Waals surface area (Å²) in [6.07, 6.45) is -1.35. The third-order valence-electron chi connectivity index (χ3n) is 3.04. The van der Waals surface area contributed by atoms with Gasteiger partial charge in [-0.05, 0) is 23.6 Å². The number of nitrogens with two attached hydrogens (primary N) is 1. The summed E-state index contributed by atoms with van der Waals surface area (Å²) in [7, 11) is 0. The maximum absolute atomic E-state index is 11.7. The lowest BCUT2D eigenvalue weighted by Crippen LogP contribution is -2.46. The minimum absolute atomic E-state index is 0.0152. The zero-order chi connectivity index (χ0) is 17.4. The summed E-state index contributed by atoms with van der Waals surface area (Å²) in [5.74, 6) is -0.779. The fraction of sp³-hybridized carbons (Fsp3) is 0.400. The second-order valence-corrected chi connectivity index (χ2v) is 5.29. The van der Waals surface area contributed by atoms with Crippen molar-refractivity contribution < 1.29 is 24.2 Å². The first-order valence-corrected chi connectivity index (χ1v) is 7.07. The van der Waals surface area contributed by atoms with E-state index in [4.69, 9.17) is 10.8 Å². The van der Waals surface area contributed by atoms with Gasteiger partial charge in [0.05, 0.1) is 12.6 Å². The van der Waals surface area contributed by atoms with Gasteiger partial charge in [0.2, 0.25) is 11.8 Å². The van der Waals surface area contributed by atoms with Crippen LogP contribution in [0.25, 0.3) is 0 Å². The van der Waals surface area contributed by atoms with Crippen LogP contribution in [0.15, 0.2) is 24.3 Å². The molecular formula is C15H21N3O5. The third kappa shape index (κ3) is 6.79. The van der Waals surface area contributed by atoms with Gasteiger partial charge >= 0.3 is 6.16 Å². The van der Waals surface area contributed by atoms with Crippen LogP contribution in [0.4, 0.5) is 10.5 Å². The van der Waals surface area contributed by atoms with Crippen molar-refractivity contribution in [3.63, 3.8) is 0 Å². The van der Waals surface area contributed by atoms with E-state index in [1.165, 1.54) is 0 Å². The maximum atomic E-state index is 11.7. The molecule has 1 aromatic rings. The smallest absolute Gasteiger partial charge is 0.450 e. The van der Waals surface area contributed by atoms with Gasteiger partial charge in [-0.15, -0.1) is 0 Å². The lowest BCUT2D eigenvalue weighted by molar-refractivity contribution is -0.125. The molecule has 0 saturated carbocycles. The lowest BCUT2D eigenvalue weighted by atomic mass is 10.1. The number of amides is 2. The molecule has 126 valence electrons. The van der Waals surface area contributed by atoms with Crippen molar-refractivity contribution in [2.45, 2.75) is 26.5 Å². The maximum Gasteiger partial charge on any atom is 0.506 e. The molecule has 0 bridgehead atoms. The molecule has 1 atom stereocenters. The van der Waals surface area contributed by atoms with E-state index in [1.54, 1.807) is 24.3 Å². The molecule has 2 amide bonds. The van der Waals surface area contributed by atoms with E-state index < -0.39 is 12.2 Å². The summed E-state index contributed by atoms with van der Waals surface area (Å²) < 4.78 is 4.43. The van der Waals surface area contributed by atoms with Gasteiger partial charge in [-0.1, -0.05) is 26.0 Å². The highest BCUT2D eigenvalue weighted by Gasteiger charge is 2.17. The Morgan fingerprint density at radius 1 is 1.22 bits per heavy atom. The molecule has 0 heterocycles. The molecule has 23 heavy (non-hydrogen) atoms. The van der Waals surface area contributed by atoms with Crippen LogP contribution < -0.4 is 16.4 Å². The van der Waals surface area contributed by atoms with Gasteiger partial charge in [-0.2, -0.15) is 0 Å². The van der Waals surface area contributed by atoms with Gasteiger partial charge in [0, 0.05) is 5.69 Å². The summed E-state index contributed by atoms with van der Waals surface area (Å²) in [6.45, 7) is 3.40. The number of benzene rings is 1. The van der Waals surface area contributed by atoms with Crippen LogP contribution in [0, 0.1) is 5.92 Å². The fourth-order valence-electron chi connectivity index (χ4n) is 1.62. The number of hydrogen-bond acceptors (Lipinski definition) is 5. The molecular weight excluding hydrogens is 302 g/mol. The largest absolute Gasteiger partial charge is 0.506 e. The Hall–Kier alpha value is -2.61. The average Bonchev–Trinajstić information content (AvgIpc) is 2.51. The Labute approximate surface area is 134 Å². The summed E-state index contributed by atoms with van der Waals surface area (Å²) in [4.78, 5) is 33.7. The molecule has 0 fully saturated rings. The molecule has 8 nitrogen and oxygen atoms in total. The third-order valence-corrected chi connectivity index (χ3v) is 3.04. The topological polar surface area (TPSA) is 131 Å². The second kappa shape index (κ2) is 8.74. The molecule has 0 radical (unpaired) electrons. The van der Waals surface area contributed by atoms with Gasteiger partial charge in [0.1, 0.15) is 6.61 Å². The van der Waals surface area contributed by atoms with E-state index in [9.17, 15) is 14.4 Å². The first-order valence-electron chi connectivity index (χ1n) is 7.07. The van der Waals surface area contributed by atoms with Gasteiger partial charge in [0.15, 0.2) is 0 Å². The van der Waals surface area contributed by atoms with E-state index in [1.807, 2.05) is 13.8 Å². The van der Waals surface area contributed by atoms with Crippen molar-refractivity contribution in [2.75, 3.05) is 11.9 Å². The number of nitrogens with one attached hydrogen (secondary N) is 2. The Morgan fingerprint density at radius 2 is 1.83 bits per heavy atom. The molecule has 1 unspecified atom stereocenters. The Morgan fingerprint density at radius 3 is 2.35 bits per heavy atom. The molecule has 1 aromatic carbocycles. The molecule has 0 saturated heterocycles. The lowest BCUT2D eigenvalue weighted by Gasteiger charge is -2.15. The van der Waals surface area contributed by atoms with E-state index in [-0.39, 0.29) is 30.9 Å². The predicted octanol–water partition coefficient (Wildman–Crippen LogP) is 0.919. The summed E-state index contributed by atoms with van der Waals surface area (Å²) >= 11 is 0. The normalized spacial score (nSPS) is 11.7. The molecule has 0 aromatic heterocycles.